The van der Waals surface area contributed by atoms with Gasteiger partial charge in [-0.3, -0.25) is 9.89 Å². The van der Waals surface area contributed by atoms with E-state index in [9.17, 15) is 0 Å². The Labute approximate surface area is 155 Å². The van der Waals surface area contributed by atoms with Crippen LogP contribution in [0.4, 0.5) is 0 Å². The number of hydrogen-bond donors (Lipinski definition) is 2. The van der Waals surface area contributed by atoms with Gasteiger partial charge < -0.3 is 11.1 Å². The molecule has 124 valence electrons. The molecule has 1 aromatic rings. The molecule has 0 bridgehead atoms. The van der Waals surface area contributed by atoms with Gasteiger partial charge in [0.1, 0.15) is 0 Å². The Morgan fingerprint density at radius 1 is 1.41 bits per heavy atom. The number of benzene rings is 1. The lowest BCUT2D eigenvalue weighted by molar-refractivity contribution is 0.261. The van der Waals surface area contributed by atoms with Crippen molar-refractivity contribution in [2.75, 3.05) is 19.6 Å². The minimum absolute atomic E-state index is 0. The van der Waals surface area contributed by atoms with E-state index in [-0.39, 0.29) is 29.5 Å². The fourth-order valence-corrected chi connectivity index (χ4v) is 2.84. The van der Waals surface area contributed by atoms with Crippen LogP contribution in [0.5, 0.6) is 0 Å². The Bertz CT molecular complexity index is 525. The van der Waals surface area contributed by atoms with Crippen molar-refractivity contribution in [3.05, 3.63) is 34.3 Å². The van der Waals surface area contributed by atoms with E-state index in [2.05, 4.69) is 42.0 Å². The molecule has 6 heteroatoms. The zero-order chi connectivity index (χ0) is 15.5. The highest BCUT2D eigenvalue weighted by Crippen LogP contribution is 2.25. The number of halogens is 2. The van der Waals surface area contributed by atoms with Gasteiger partial charge in [-0.25, -0.2) is 0 Å². The molecule has 1 aliphatic rings. The zero-order valence-corrected chi connectivity index (χ0v) is 16.6. The van der Waals surface area contributed by atoms with Gasteiger partial charge in [-0.2, -0.15) is 0 Å². The summed E-state index contributed by atoms with van der Waals surface area (Å²) in [5.41, 5.74) is 8.46. The average molecular weight is 437 g/mol. The number of rotatable bonds is 3. The first-order valence-corrected chi connectivity index (χ1v) is 7.80. The summed E-state index contributed by atoms with van der Waals surface area (Å²) < 4.78 is 0. The first kappa shape index (κ1) is 19.5. The van der Waals surface area contributed by atoms with E-state index in [4.69, 9.17) is 17.3 Å². The summed E-state index contributed by atoms with van der Waals surface area (Å²) in [6.45, 7) is 9.81. The summed E-state index contributed by atoms with van der Waals surface area (Å²) in [5.74, 6) is 0.517. The molecular formula is C16H26ClIN4. The highest BCUT2D eigenvalue weighted by atomic mass is 127. The highest BCUT2D eigenvalue weighted by molar-refractivity contribution is 14.0. The topological polar surface area (TPSA) is 53.6 Å². The molecule has 4 nitrogen and oxygen atoms in total. The number of guanidine groups is 1. The monoisotopic (exact) mass is 436 g/mol. The molecule has 0 radical (unpaired) electrons. The molecule has 0 aliphatic carbocycles. The maximum Gasteiger partial charge on any atom is 0.189 e. The molecule has 22 heavy (non-hydrogen) atoms. The zero-order valence-electron chi connectivity index (χ0n) is 13.5. The van der Waals surface area contributed by atoms with Crippen LogP contribution in [0.25, 0.3) is 0 Å². The van der Waals surface area contributed by atoms with E-state index in [1.165, 1.54) is 11.1 Å². The van der Waals surface area contributed by atoms with Crippen LogP contribution in [0.15, 0.2) is 23.2 Å². The fourth-order valence-electron chi connectivity index (χ4n) is 2.55. The normalized spacial score (nSPS) is 15.9. The Balaban J connectivity index is 0.00000242. The summed E-state index contributed by atoms with van der Waals surface area (Å²) in [6, 6.07) is 6.15. The van der Waals surface area contributed by atoms with Crippen LogP contribution in [0.1, 0.15) is 31.9 Å². The van der Waals surface area contributed by atoms with Gasteiger partial charge in [0.25, 0.3) is 0 Å². The molecule has 0 saturated carbocycles. The first-order chi connectivity index (χ1) is 9.85. The Morgan fingerprint density at radius 3 is 2.82 bits per heavy atom. The Hall–Kier alpha value is -0.530. The van der Waals surface area contributed by atoms with Gasteiger partial charge in [0.2, 0.25) is 0 Å². The Kier molecular flexibility index (Phi) is 7.41. The smallest absolute Gasteiger partial charge is 0.189 e. The Morgan fingerprint density at radius 2 is 2.14 bits per heavy atom. The second-order valence-electron chi connectivity index (χ2n) is 6.55. The quantitative estimate of drug-likeness (QED) is 0.435. The van der Waals surface area contributed by atoms with Gasteiger partial charge in [0.05, 0.1) is 6.54 Å². The van der Waals surface area contributed by atoms with Crippen LogP contribution in [0.3, 0.4) is 0 Å². The van der Waals surface area contributed by atoms with E-state index in [0.717, 1.165) is 31.1 Å². The molecule has 0 aromatic heterocycles. The summed E-state index contributed by atoms with van der Waals surface area (Å²) in [5, 5.41) is 4.06. The van der Waals surface area contributed by atoms with Gasteiger partial charge in [-0.1, -0.05) is 23.7 Å². The number of nitrogens with two attached hydrogens (primary N) is 1. The maximum atomic E-state index is 6.23. The summed E-state index contributed by atoms with van der Waals surface area (Å²) in [7, 11) is 0. The van der Waals surface area contributed by atoms with Crippen molar-refractivity contribution in [1.82, 2.24) is 10.2 Å². The molecule has 1 heterocycles. The second kappa shape index (κ2) is 8.36. The number of aliphatic imine (C=N–C) groups is 1. The molecule has 0 amide bonds. The molecule has 3 N–H and O–H groups in total. The van der Waals surface area contributed by atoms with E-state index in [1.54, 1.807) is 0 Å². The molecule has 0 saturated heterocycles. The number of hydrogen-bond acceptors (Lipinski definition) is 2. The first-order valence-electron chi connectivity index (χ1n) is 7.42. The van der Waals surface area contributed by atoms with Crippen molar-refractivity contribution in [3.63, 3.8) is 0 Å². The predicted molar refractivity (Wildman–Crippen MR) is 105 cm³/mol. The minimum atomic E-state index is -0.0472. The van der Waals surface area contributed by atoms with Crippen LogP contribution in [0, 0.1) is 0 Å². The van der Waals surface area contributed by atoms with Crippen LogP contribution in [-0.2, 0) is 13.0 Å². The standard InChI is InChI=1S/C16H25ClN4.HI/c1-16(2,3)20-15(18)19-8-10-21-9-7-13-12(11-21)5-4-6-14(13)17;/h4-6H,7-11H2,1-3H3,(H3,18,19,20);1H. The molecule has 0 unspecified atom stereocenters. The SMILES string of the molecule is CC(C)(C)NC(N)=NCCN1CCc2c(Cl)cccc2C1.I. The summed E-state index contributed by atoms with van der Waals surface area (Å²) in [4.78, 5) is 6.79. The van der Waals surface area contributed by atoms with Crippen LogP contribution >= 0.6 is 35.6 Å². The molecule has 2 rings (SSSR count). The van der Waals surface area contributed by atoms with Gasteiger partial charge in [-0.15, -0.1) is 24.0 Å². The number of nitrogens with one attached hydrogen (secondary N) is 1. The number of fused-ring (bicyclic) bond motifs is 1. The third-order valence-electron chi connectivity index (χ3n) is 3.49. The predicted octanol–water partition coefficient (Wildman–Crippen LogP) is 3.02. The van der Waals surface area contributed by atoms with Gasteiger partial charge in [0.15, 0.2) is 5.96 Å². The molecule has 0 fully saturated rings. The van der Waals surface area contributed by atoms with Gasteiger partial charge >= 0.3 is 0 Å². The average Bonchev–Trinajstić information content (AvgIpc) is 2.36. The van der Waals surface area contributed by atoms with Crippen molar-refractivity contribution < 1.29 is 0 Å². The van der Waals surface area contributed by atoms with Crippen molar-refractivity contribution >= 4 is 41.5 Å². The van der Waals surface area contributed by atoms with Gasteiger partial charge in [-0.05, 0) is 44.4 Å². The molecular weight excluding hydrogens is 411 g/mol. The third-order valence-corrected chi connectivity index (χ3v) is 3.84. The molecule has 1 aromatic carbocycles. The fraction of sp³-hybridized carbons (Fsp3) is 0.562. The van der Waals surface area contributed by atoms with E-state index in [0.29, 0.717) is 12.5 Å². The van der Waals surface area contributed by atoms with E-state index < -0.39 is 0 Å². The lowest BCUT2D eigenvalue weighted by Gasteiger charge is -2.28. The van der Waals surface area contributed by atoms with E-state index >= 15 is 0 Å². The van der Waals surface area contributed by atoms with Crippen LogP contribution in [0.2, 0.25) is 5.02 Å². The third kappa shape index (κ3) is 5.93. The van der Waals surface area contributed by atoms with Crippen molar-refractivity contribution in [2.45, 2.75) is 39.3 Å². The molecule has 0 atom stereocenters. The van der Waals surface area contributed by atoms with E-state index in [1.807, 2.05) is 12.1 Å². The maximum absolute atomic E-state index is 6.23. The lowest BCUT2D eigenvalue weighted by Crippen LogP contribution is -2.45. The molecule has 0 spiro atoms. The van der Waals surface area contributed by atoms with Crippen molar-refractivity contribution in [1.29, 1.82) is 0 Å². The summed E-state index contributed by atoms with van der Waals surface area (Å²) in [6.07, 6.45) is 1.01. The summed E-state index contributed by atoms with van der Waals surface area (Å²) >= 11 is 6.23. The van der Waals surface area contributed by atoms with Crippen molar-refractivity contribution in [2.24, 2.45) is 10.7 Å². The second-order valence-corrected chi connectivity index (χ2v) is 6.95. The highest BCUT2D eigenvalue weighted by Gasteiger charge is 2.17. The molecule has 1 aliphatic heterocycles. The van der Waals surface area contributed by atoms with Gasteiger partial charge in [0, 0.05) is 30.2 Å². The minimum Gasteiger partial charge on any atom is -0.370 e. The van der Waals surface area contributed by atoms with Crippen molar-refractivity contribution in [3.8, 4) is 0 Å². The number of nitrogens with zero attached hydrogens (tertiary/aromatic N) is 2. The van der Waals surface area contributed by atoms with Crippen LogP contribution in [-0.4, -0.2) is 36.0 Å². The van der Waals surface area contributed by atoms with Crippen LogP contribution < -0.4 is 11.1 Å². The largest absolute Gasteiger partial charge is 0.370 e. The lowest BCUT2D eigenvalue weighted by atomic mass is 10.00.